The van der Waals surface area contributed by atoms with Gasteiger partial charge in [-0.15, -0.1) is 0 Å². The molecule has 1 aliphatic rings. The molecule has 1 fully saturated rings. The predicted octanol–water partition coefficient (Wildman–Crippen LogP) is 2.29. The highest BCUT2D eigenvalue weighted by molar-refractivity contribution is 5.95. The van der Waals surface area contributed by atoms with Crippen LogP contribution < -0.4 is 5.73 Å². The molecule has 3 nitrogen and oxygen atoms in total. The Morgan fingerprint density at radius 3 is 2.80 bits per heavy atom. The number of esters is 1. The number of anilines is 1. The van der Waals surface area contributed by atoms with E-state index in [1.54, 1.807) is 6.07 Å². The molecule has 3 heteroatoms. The maximum Gasteiger partial charge on any atom is 0.340 e. The highest BCUT2D eigenvalue weighted by Crippen LogP contribution is 2.25. The molecule has 0 spiro atoms. The summed E-state index contributed by atoms with van der Waals surface area (Å²) in [6.45, 7) is 1.88. The van der Waals surface area contributed by atoms with Crippen molar-refractivity contribution in [3.05, 3.63) is 29.3 Å². The van der Waals surface area contributed by atoms with Crippen LogP contribution >= 0.6 is 0 Å². The Labute approximate surface area is 89.2 Å². The van der Waals surface area contributed by atoms with Gasteiger partial charge < -0.3 is 10.5 Å². The van der Waals surface area contributed by atoms with Gasteiger partial charge in [-0.25, -0.2) is 4.79 Å². The van der Waals surface area contributed by atoms with Gasteiger partial charge in [-0.1, -0.05) is 12.1 Å². The lowest BCUT2D eigenvalue weighted by Crippen LogP contribution is -2.25. The summed E-state index contributed by atoms with van der Waals surface area (Å²) in [7, 11) is 0. The van der Waals surface area contributed by atoms with E-state index >= 15 is 0 Å². The van der Waals surface area contributed by atoms with Crippen molar-refractivity contribution in [3.8, 4) is 0 Å². The van der Waals surface area contributed by atoms with Crippen molar-refractivity contribution in [3.63, 3.8) is 0 Å². The van der Waals surface area contributed by atoms with Crippen molar-refractivity contribution in [1.29, 1.82) is 0 Å². The van der Waals surface area contributed by atoms with Crippen LogP contribution in [0, 0.1) is 6.92 Å². The molecule has 0 unspecified atom stereocenters. The van der Waals surface area contributed by atoms with Crippen LogP contribution in [-0.4, -0.2) is 12.1 Å². The Balaban J connectivity index is 2.13. The molecule has 0 radical (unpaired) electrons. The smallest absolute Gasteiger partial charge is 0.340 e. The number of para-hydroxylation sites is 1. The highest BCUT2D eigenvalue weighted by Gasteiger charge is 2.23. The van der Waals surface area contributed by atoms with Gasteiger partial charge >= 0.3 is 5.97 Å². The fourth-order valence-electron chi connectivity index (χ4n) is 1.56. The number of carbonyl (C=O) groups is 1. The second-order valence-electron chi connectivity index (χ2n) is 3.99. The Bertz CT molecular complexity index is 383. The van der Waals surface area contributed by atoms with E-state index < -0.39 is 0 Å². The molecule has 2 N–H and O–H groups in total. The lowest BCUT2D eigenvalue weighted by atomic mass is 9.96. The molecule has 80 valence electrons. The largest absolute Gasteiger partial charge is 0.459 e. The van der Waals surface area contributed by atoms with Gasteiger partial charge in [0.25, 0.3) is 0 Å². The van der Waals surface area contributed by atoms with Crippen LogP contribution in [0.5, 0.6) is 0 Å². The topological polar surface area (TPSA) is 52.3 Å². The number of hydrogen-bond donors (Lipinski definition) is 1. The third-order valence-electron chi connectivity index (χ3n) is 2.87. The van der Waals surface area contributed by atoms with Crippen LogP contribution in [0.15, 0.2) is 18.2 Å². The summed E-state index contributed by atoms with van der Waals surface area (Å²) in [4.78, 5) is 11.7. The van der Waals surface area contributed by atoms with Crippen LogP contribution in [0.4, 0.5) is 5.69 Å². The average molecular weight is 205 g/mol. The van der Waals surface area contributed by atoms with E-state index in [9.17, 15) is 4.79 Å². The van der Waals surface area contributed by atoms with Crippen LogP contribution in [-0.2, 0) is 4.74 Å². The molecule has 0 aliphatic heterocycles. The summed E-state index contributed by atoms with van der Waals surface area (Å²) in [6.07, 6.45) is 3.23. The first-order valence-electron chi connectivity index (χ1n) is 5.24. The molecule has 1 saturated carbocycles. The Kier molecular flexibility index (Phi) is 2.62. The maximum atomic E-state index is 11.7. The fraction of sp³-hybridized carbons (Fsp3) is 0.417. The van der Waals surface area contributed by atoms with Gasteiger partial charge in [-0.3, -0.25) is 0 Å². The van der Waals surface area contributed by atoms with E-state index in [1.807, 2.05) is 19.1 Å². The summed E-state index contributed by atoms with van der Waals surface area (Å²) >= 11 is 0. The van der Waals surface area contributed by atoms with Crippen molar-refractivity contribution in [1.82, 2.24) is 0 Å². The molecule has 0 aromatic heterocycles. The molecule has 2 rings (SSSR count). The molecule has 0 bridgehead atoms. The summed E-state index contributed by atoms with van der Waals surface area (Å²) in [5.74, 6) is -0.291. The molecule has 0 heterocycles. The third-order valence-corrected chi connectivity index (χ3v) is 2.87. The molecule has 0 saturated heterocycles. The molecule has 1 aliphatic carbocycles. The Morgan fingerprint density at radius 2 is 2.20 bits per heavy atom. The first-order chi connectivity index (χ1) is 7.18. The average Bonchev–Trinajstić information content (AvgIpc) is 2.15. The quantitative estimate of drug-likeness (QED) is 0.595. The zero-order valence-corrected chi connectivity index (χ0v) is 8.82. The van der Waals surface area contributed by atoms with Gasteiger partial charge in [-0.2, -0.15) is 0 Å². The summed E-state index contributed by atoms with van der Waals surface area (Å²) in [5.41, 5.74) is 7.75. The molecule has 0 amide bonds. The Hall–Kier alpha value is -1.51. The van der Waals surface area contributed by atoms with E-state index in [-0.39, 0.29) is 12.1 Å². The van der Waals surface area contributed by atoms with Gasteiger partial charge in [0, 0.05) is 5.69 Å². The third kappa shape index (κ3) is 1.96. The second kappa shape index (κ2) is 3.93. The number of nitrogen functional groups attached to an aromatic ring is 1. The van der Waals surface area contributed by atoms with E-state index in [1.165, 1.54) is 0 Å². The van der Waals surface area contributed by atoms with Crippen LogP contribution in [0.1, 0.15) is 35.2 Å². The number of benzene rings is 1. The summed E-state index contributed by atoms with van der Waals surface area (Å²) in [5, 5.41) is 0. The second-order valence-corrected chi connectivity index (χ2v) is 3.99. The zero-order valence-electron chi connectivity index (χ0n) is 8.82. The minimum absolute atomic E-state index is 0.109. The molecule has 1 aromatic carbocycles. The number of nitrogens with two attached hydrogens (primary N) is 1. The maximum absolute atomic E-state index is 11.7. The predicted molar refractivity (Wildman–Crippen MR) is 58.6 cm³/mol. The molecular weight excluding hydrogens is 190 g/mol. The summed E-state index contributed by atoms with van der Waals surface area (Å²) < 4.78 is 5.29. The highest BCUT2D eigenvalue weighted by atomic mass is 16.5. The van der Waals surface area contributed by atoms with Crippen LogP contribution in [0.25, 0.3) is 0 Å². The van der Waals surface area contributed by atoms with E-state index in [4.69, 9.17) is 10.5 Å². The van der Waals surface area contributed by atoms with E-state index in [2.05, 4.69) is 0 Å². The van der Waals surface area contributed by atoms with E-state index in [0.29, 0.717) is 11.3 Å². The zero-order chi connectivity index (χ0) is 10.8. The van der Waals surface area contributed by atoms with Gasteiger partial charge in [0.2, 0.25) is 0 Å². The van der Waals surface area contributed by atoms with Gasteiger partial charge in [0.1, 0.15) is 6.10 Å². The number of carbonyl (C=O) groups excluding carboxylic acids is 1. The molecule has 15 heavy (non-hydrogen) atoms. The van der Waals surface area contributed by atoms with Gasteiger partial charge in [0.05, 0.1) is 5.56 Å². The van der Waals surface area contributed by atoms with Crippen molar-refractivity contribution in [2.45, 2.75) is 32.3 Å². The monoisotopic (exact) mass is 205 g/mol. The van der Waals surface area contributed by atoms with Crippen LogP contribution in [0.2, 0.25) is 0 Å². The van der Waals surface area contributed by atoms with Crippen molar-refractivity contribution >= 4 is 11.7 Å². The van der Waals surface area contributed by atoms with Gasteiger partial charge in [0.15, 0.2) is 0 Å². The minimum Gasteiger partial charge on any atom is -0.459 e. The molecule has 1 aromatic rings. The number of rotatable bonds is 2. The standard InChI is InChI=1S/C12H15NO2/c1-8-4-2-7-10(11(8)13)12(14)15-9-5-3-6-9/h2,4,7,9H,3,5-6,13H2,1H3. The lowest BCUT2D eigenvalue weighted by molar-refractivity contribution is 0.00912. The Morgan fingerprint density at radius 1 is 1.47 bits per heavy atom. The lowest BCUT2D eigenvalue weighted by Gasteiger charge is -2.25. The van der Waals surface area contributed by atoms with Crippen LogP contribution in [0.3, 0.4) is 0 Å². The van der Waals surface area contributed by atoms with Crippen molar-refractivity contribution < 1.29 is 9.53 Å². The summed E-state index contributed by atoms with van der Waals surface area (Å²) in [6, 6.07) is 5.42. The number of hydrogen-bond acceptors (Lipinski definition) is 3. The van der Waals surface area contributed by atoms with E-state index in [0.717, 1.165) is 24.8 Å². The first kappa shape index (κ1) is 10.0. The number of aryl methyl sites for hydroxylation is 1. The first-order valence-corrected chi connectivity index (χ1v) is 5.24. The number of ether oxygens (including phenoxy) is 1. The molecular formula is C12H15NO2. The van der Waals surface area contributed by atoms with Crippen molar-refractivity contribution in [2.75, 3.05) is 5.73 Å². The van der Waals surface area contributed by atoms with Crippen molar-refractivity contribution in [2.24, 2.45) is 0 Å². The minimum atomic E-state index is -0.291. The SMILES string of the molecule is Cc1cccc(C(=O)OC2CCC2)c1N. The van der Waals surface area contributed by atoms with Gasteiger partial charge in [-0.05, 0) is 37.8 Å². The fourth-order valence-corrected chi connectivity index (χ4v) is 1.56. The normalized spacial score (nSPS) is 15.8. The molecule has 0 atom stereocenters.